The van der Waals surface area contributed by atoms with E-state index in [0.29, 0.717) is 24.3 Å². The SMILES string of the molecule is CCCNc1ccc([N+](=O)[O-])cc1C(=O)NCCCSC. The van der Waals surface area contributed by atoms with Crippen molar-refractivity contribution in [1.82, 2.24) is 5.32 Å². The first-order valence-corrected chi connectivity index (χ1v) is 8.29. The highest BCUT2D eigenvalue weighted by Gasteiger charge is 2.16. The summed E-state index contributed by atoms with van der Waals surface area (Å²) in [4.78, 5) is 22.5. The van der Waals surface area contributed by atoms with Crippen LogP contribution in [-0.2, 0) is 0 Å². The van der Waals surface area contributed by atoms with Crippen LogP contribution >= 0.6 is 11.8 Å². The van der Waals surface area contributed by atoms with Crippen LogP contribution in [0.4, 0.5) is 11.4 Å². The number of carbonyl (C=O) groups excluding carboxylic acids is 1. The molecule has 0 bridgehead atoms. The molecule has 1 aromatic rings. The van der Waals surface area contributed by atoms with E-state index < -0.39 is 4.92 Å². The third-order valence-electron chi connectivity index (χ3n) is 2.83. The molecule has 0 saturated carbocycles. The number of nitro benzene ring substituents is 1. The molecule has 0 unspecified atom stereocenters. The van der Waals surface area contributed by atoms with E-state index >= 15 is 0 Å². The molecule has 6 nitrogen and oxygen atoms in total. The summed E-state index contributed by atoms with van der Waals surface area (Å²) >= 11 is 1.72. The van der Waals surface area contributed by atoms with Gasteiger partial charge in [-0.2, -0.15) is 11.8 Å². The lowest BCUT2D eigenvalue weighted by atomic mass is 10.1. The van der Waals surface area contributed by atoms with Crippen molar-refractivity contribution < 1.29 is 9.72 Å². The molecule has 2 N–H and O–H groups in total. The maximum absolute atomic E-state index is 12.2. The molecule has 1 amide bonds. The summed E-state index contributed by atoms with van der Waals surface area (Å²) < 4.78 is 0. The third kappa shape index (κ3) is 5.63. The minimum Gasteiger partial charge on any atom is -0.384 e. The summed E-state index contributed by atoms with van der Waals surface area (Å²) in [6.45, 7) is 3.29. The van der Waals surface area contributed by atoms with Crippen LogP contribution in [0, 0.1) is 10.1 Å². The maximum atomic E-state index is 12.2. The number of nitrogens with zero attached hydrogens (tertiary/aromatic N) is 1. The molecule has 0 radical (unpaired) electrons. The molecule has 0 aromatic heterocycles. The van der Waals surface area contributed by atoms with Gasteiger partial charge in [-0.3, -0.25) is 14.9 Å². The van der Waals surface area contributed by atoms with Crippen LogP contribution in [0.1, 0.15) is 30.1 Å². The molecule has 1 aromatic carbocycles. The third-order valence-corrected chi connectivity index (χ3v) is 3.53. The van der Waals surface area contributed by atoms with Crippen molar-refractivity contribution in [2.24, 2.45) is 0 Å². The fraction of sp³-hybridized carbons (Fsp3) is 0.500. The van der Waals surface area contributed by atoms with Gasteiger partial charge in [0.15, 0.2) is 0 Å². The largest absolute Gasteiger partial charge is 0.384 e. The summed E-state index contributed by atoms with van der Waals surface area (Å²) in [6, 6.07) is 4.31. The van der Waals surface area contributed by atoms with Crippen molar-refractivity contribution in [3.63, 3.8) is 0 Å². The highest BCUT2D eigenvalue weighted by atomic mass is 32.2. The Labute approximate surface area is 128 Å². The van der Waals surface area contributed by atoms with Crippen molar-refractivity contribution in [3.8, 4) is 0 Å². The quantitative estimate of drug-likeness (QED) is 0.416. The van der Waals surface area contributed by atoms with Gasteiger partial charge in [0.25, 0.3) is 11.6 Å². The molecule has 21 heavy (non-hydrogen) atoms. The van der Waals surface area contributed by atoms with Crippen molar-refractivity contribution in [2.75, 3.05) is 30.4 Å². The fourth-order valence-electron chi connectivity index (χ4n) is 1.76. The number of amides is 1. The van der Waals surface area contributed by atoms with Crippen molar-refractivity contribution >= 4 is 29.0 Å². The Kier molecular flexibility index (Phi) is 7.60. The van der Waals surface area contributed by atoms with Crippen LogP contribution in [0.5, 0.6) is 0 Å². The Morgan fingerprint density at radius 2 is 2.14 bits per heavy atom. The van der Waals surface area contributed by atoms with Gasteiger partial charge in [0, 0.05) is 30.9 Å². The molecule has 0 aliphatic rings. The first-order chi connectivity index (χ1) is 10.1. The number of benzene rings is 1. The second-order valence-electron chi connectivity index (χ2n) is 4.52. The van der Waals surface area contributed by atoms with Crippen LogP contribution in [0.15, 0.2) is 18.2 Å². The van der Waals surface area contributed by atoms with Gasteiger partial charge in [0.05, 0.1) is 10.5 Å². The average molecular weight is 311 g/mol. The minimum absolute atomic E-state index is 0.0775. The van der Waals surface area contributed by atoms with Crippen LogP contribution < -0.4 is 10.6 Å². The monoisotopic (exact) mass is 311 g/mol. The van der Waals surface area contributed by atoms with E-state index in [9.17, 15) is 14.9 Å². The molecular formula is C14H21N3O3S. The molecule has 0 saturated heterocycles. The topological polar surface area (TPSA) is 84.3 Å². The van der Waals surface area contributed by atoms with Crippen LogP contribution in [0.3, 0.4) is 0 Å². The maximum Gasteiger partial charge on any atom is 0.270 e. The summed E-state index contributed by atoms with van der Waals surface area (Å²) in [7, 11) is 0. The normalized spacial score (nSPS) is 10.2. The molecule has 0 spiro atoms. The first-order valence-electron chi connectivity index (χ1n) is 6.89. The van der Waals surface area contributed by atoms with E-state index in [1.54, 1.807) is 17.8 Å². The van der Waals surface area contributed by atoms with E-state index in [0.717, 1.165) is 18.6 Å². The van der Waals surface area contributed by atoms with Gasteiger partial charge in [0.1, 0.15) is 0 Å². The highest BCUT2D eigenvalue weighted by molar-refractivity contribution is 7.98. The van der Waals surface area contributed by atoms with Crippen LogP contribution in [0.2, 0.25) is 0 Å². The molecular weight excluding hydrogens is 290 g/mol. The fourth-order valence-corrected chi connectivity index (χ4v) is 2.19. The predicted octanol–water partition coefficient (Wildman–Crippen LogP) is 2.90. The van der Waals surface area contributed by atoms with Gasteiger partial charge in [-0.05, 0) is 30.9 Å². The smallest absolute Gasteiger partial charge is 0.270 e. The van der Waals surface area contributed by atoms with Crippen LogP contribution in [0.25, 0.3) is 0 Å². The van der Waals surface area contributed by atoms with Gasteiger partial charge < -0.3 is 10.6 Å². The van der Waals surface area contributed by atoms with Crippen LogP contribution in [-0.4, -0.2) is 35.9 Å². The van der Waals surface area contributed by atoms with Crippen molar-refractivity contribution in [1.29, 1.82) is 0 Å². The Morgan fingerprint density at radius 3 is 2.76 bits per heavy atom. The van der Waals surface area contributed by atoms with Gasteiger partial charge in [0.2, 0.25) is 0 Å². The lowest BCUT2D eigenvalue weighted by Crippen LogP contribution is -2.26. The Bertz CT molecular complexity index is 494. The molecule has 0 heterocycles. The zero-order chi connectivity index (χ0) is 15.7. The van der Waals surface area contributed by atoms with Crippen molar-refractivity contribution in [2.45, 2.75) is 19.8 Å². The van der Waals surface area contributed by atoms with Gasteiger partial charge in [-0.1, -0.05) is 6.92 Å². The summed E-state index contributed by atoms with van der Waals surface area (Å²) in [5.41, 5.74) is 0.873. The average Bonchev–Trinajstić information content (AvgIpc) is 2.49. The number of thioether (sulfide) groups is 1. The standard InChI is InChI=1S/C14H21N3O3S/c1-3-7-15-13-6-5-11(17(19)20)10-12(13)14(18)16-8-4-9-21-2/h5-6,10,15H,3-4,7-9H2,1-2H3,(H,16,18). The Morgan fingerprint density at radius 1 is 1.38 bits per heavy atom. The molecule has 1 rings (SSSR count). The van der Waals surface area contributed by atoms with Gasteiger partial charge in [-0.15, -0.1) is 0 Å². The number of carbonyl (C=O) groups is 1. The lowest BCUT2D eigenvalue weighted by molar-refractivity contribution is -0.384. The van der Waals surface area contributed by atoms with E-state index in [1.807, 2.05) is 13.2 Å². The van der Waals surface area contributed by atoms with Gasteiger partial charge >= 0.3 is 0 Å². The number of nitro groups is 1. The minimum atomic E-state index is -0.492. The molecule has 0 atom stereocenters. The highest BCUT2D eigenvalue weighted by Crippen LogP contribution is 2.22. The summed E-state index contributed by atoms with van der Waals surface area (Å²) in [6.07, 6.45) is 3.79. The number of non-ortho nitro benzene ring substituents is 1. The van der Waals surface area contributed by atoms with E-state index in [1.165, 1.54) is 12.1 Å². The molecule has 0 aliphatic carbocycles. The van der Waals surface area contributed by atoms with Gasteiger partial charge in [-0.25, -0.2) is 0 Å². The number of rotatable bonds is 9. The summed E-state index contributed by atoms with van der Waals surface area (Å²) in [5.74, 6) is 0.689. The zero-order valence-electron chi connectivity index (χ0n) is 12.3. The second-order valence-corrected chi connectivity index (χ2v) is 5.50. The first kappa shape index (κ1) is 17.3. The predicted molar refractivity (Wildman–Crippen MR) is 87.2 cm³/mol. The number of hydrogen-bond acceptors (Lipinski definition) is 5. The van der Waals surface area contributed by atoms with Crippen molar-refractivity contribution in [3.05, 3.63) is 33.9 Å². The second kappa shape index (κ2) is 9.23. The lowest BCUT2D eigenvalue weighted by Gasteiger charge is -2.11. The van der Waals surface area contributed by atoms with E-state index in [-0.39, 0.29) is 11.6 Å². The molecule has 0 fully saturated rings. The number of anilines is 1. The zero-order valence-corrected chi connectivity index (χ0v) is 13.2. The Hall–Kier alpha value is -1.76. The van der Waals surface area contributed by atoms with E-state index in [2.05, 4.69) is 10.6 Å². The summed E-state index contributed by atoms with van der Waals surface area (Å²) in [5, 5.41) is 16.8. The molecule has 116 valence electrons. The molecule has 0 aliphatic heterocycles. The molecule has 7 heteroatoms. The van der Waals surface area contributed by atoms with E-state index in [4.69, 9.17) is 0 Å². The number of nitrogens with one attached hydrogen (secondary N) is 2. The number of hydrogen-bond donors (Lipinski definition) is 2. The Balaban J connectivity index is 2.85.